The summed E-state index contributed by atoms with van der Waals surface area (Å²) in [6.45, 7) is 3.90. The molecule has 17 heavy (non-hydrogen) atoms. The fraction of sp³-hybridized carbons (Fsp3) is 0.500. The first-order valence-corrected chi connectivity index (χ1v) is 5.46. The fourth-order valence-electron chi connectivity index (χ4n) is 1.50. The van der Waals surface area contributed by atoms with Crippen LogP contribution in [0.3, 0.4) is 0 Å². The molecule has 0 aliphatic heterocycles. The molecule has 0 aliphatic carbocycles. The molecule has 0 amide bonds. The van der Waals surface area contributed by atoms with Gasteiger partial charge in [-0.15, -0.1) is 0 Å². The van der Waals surface area contributed by atoms with Gasteiger partial charge in [0.1, 0.15) is 6.04 Å². The summed E-state index contributed by atoms with van der Waals surface area (Å²) >= 11 is 0. The number of aliphatic hydroxyl groups excluding tert-OH is 1. The van der Waals surface area contributed by atoms with Gasteiger partial charge in [0.15, 0.2) is 0 Å². The molecule has 0 radical (unpaired) electrons. The van der Waals surface area contributed by atoms with Crippen LogP contribution < -0.4 is 5.32 Å². The van der Waals surface area contributed by atoms with Crippen LogP contribution in [0.25, 0.3) is 0 Å². The molecule has 1 rings (SSSR count). The van der Waals surface area contributed by atoms with Crippen molar-refractivity contribution in [3.8, 4) is 0 Å². The van der Waals surface area contributed by atoms with Crippen LogP contribution in [0.2, 0.25) is 0 Å². The molecule has 0 bridgehead atoms. The molecule has 0 fully saturated rings. The summed E-state index contributed by atoms with van der Waals surface area (Å²) < 4.78 is 4.62. The number of esters is 1. The van der Waals surface area contributed by atoms with Crippen molar-refractivity contribution in [2.75, 3.05) is 7.11 Å². The van der Waals surface area contributed by atoms with E-state index in [0.717, 1.165) is 11.3 Å². The second-order valence-electron chi connectivity index (χ2n) is 3.87. The van der Waals surface area contributed by atoms with Crippen LogP contribution in [0.5, 0.6) is 0 Å². The lowest BCUT2D eigenvalue weighted by Gasteiger charge is -2.19. The third-order valence-electron chi connectivity index (χ3n) is 2.57. The molecular formula is C12H18N2O3. The Balaban J connectivity index is 2.64. The Morgan fingerprint density at radius 1 is 1.65 bits per heavy atom. The van der Waals surface area contributed by atoms with Gasteiger partial charge in [-0.25, -0.2) is 0 Å². The van der Waals surface area contributed by atoms with E-state index < -0.39 is 18.1 Å². The van der Waals surface area contributed by atoms with E-state index in [-0.39, 0.29) is 0 Å². The van der Waals surface area contributed by atoms with Gasteiger partial charge in [-0.2, -0.15) is 0 Å². The van der Waals surface area contributed by atoms with Crippen molar-refractivity contribution in [2.45, 2.75) is 32.5 Å². The van der Waals surface area contributed by atoms with Gasteiger partial charge in [0, 0.05) is 18.4 Å². The predicted molar refractivity (Wildman–Crippen MR) is 63.3 cm³/mol. The molecule has 0 aromatic carbocycles. The minimum atomic E-state index is -0.806. The molecule has 0 saturated heterocycles. The number of carbonyl (C=O) groups excluding carboxylic acids is 1. The number of hydrogen-bond acceptors (Lipinski definition) is 5. The third-order valence-corrected chi connectivity index (χ3v) is 2.57. The summed E-state index contributed by atoms with van der Waals surface area (Å²) in [5.74, 6) is -0.471. The van der Waals surface area contributed by atoms with Gasteiger partial charge in [-0.1, -0.05) is 6.07 Å². The van der Waals surface area contributed by atoms with E-state index in [9.17, 15) is 9.90 Å². The van der Waals surface area contributed by atoms with Gasteiger partial charge in [0.2, 0.25) is 0 Å². The molecule has 1 aromatic heterocycles. The minimum absolute atomic E-state index is 0.463. The minimum Gasteiger partial charge on any atom is -0.468 e. The molecule has 5 nitrogen and oxygen atoms in total. The zero-order valence-electron chi connectivity index (χ0n) is 10.3. The average molecular weight is 238 g/mol. The summed E-state index contributed by atoms with van der Waals surface area (Å²) in [5, 5.41) is 12.4. The number of methoxy groups -OCH3 is 1. The predicted octanol–water partition coefficient (Wildman–Crippen LogP) is 0.402. The number of aliphatic hydroxyl groups is 1. The Hall–Kier alpha value is -1.46. The topological polar surface area (TPSA) is 71.5 Å². The monoisotopic (exact) mass is 238 g/mol. The summed E-state index contributed by atoms with van der Waals surface area (Å²) in [5.41, 5.74) is 1.89. The molecule has 5 heteroatoms. The van der Waals surface area contributed by atoms with Crippen LogP contribution in [-0.4, -0.2) is 35.3 Å². The Morgan fingerprint density at radius 3 is 2.88 bits per heavy atom. The van der Waals surface area contributed by atoms with Crippen LogP contribution in [0.4, 0.5) is 0 Å². The van der Waals surface area contributed by atoms with Gasteiger partial charge in [-0.3, -0.25) is 15.1 Å². The van der Waals surface area contributed by atoms with Crippen LogP contribution in [-0.2, 0) is 16.1 Å². The maximum atomic E-state index is 11.4. The third kappa shape index (κ3) is 3.80. The molecule has 0 saturated carbocycles. The molecule has 0 aliphatic rings. The molecule has 2 N–H and O–H groups in total. The van der Waals surface area contributed by atoms with E-state index >= 15 is 0 Å². The standard InChI is InChI=1S/C12H18N2O3/c1-8-10(5-4-6-13-8)7-14-11(9(2)15)12(16)17-3/h4-6,9,11,14-15H,7H2,1-3H3/t9-,11+/m0/s1. The Labute approximate surface area is 101 Å². The number of hydrogen-bond donors (Lipinski definition) is 2. The number of aromatic nitrogens is 1. The number of pyridine rings is 1. The van der Waals surface area contributed by atoms with Crippen LogP contribution in [0, 0.1) is 6.92 Å². The average Bonchev–Trinajstić information content (AvgIpc) is 2.30. The van der Waals surface area contributed by atoms with Crippen LogP contribution in [0.1, 0.15) is 18.2 Å². The lowest BCUT2D eigenvalue weighted by molar-refractivity contribution is -0.145. The van der Waals surface area contributed by atoms with Crippen molar-refractivity contribution >= 4 is 5.97 Å². The van der Waals surface area contributed by atoms with Crippen LogP contribution >= 0.6 is 0 Å². The highest BCUT2D eigenvalue weighted by Crippen LogP contribution is 2.05. The van der Waals surface area contributed by atoms with Crippen molar-refractivity contribution in [3.05, 3.63) is 29.6 Å². The second-order valence-corrected chi connectivity index (χ2v) is 3.87. The Kier molecular flexibility index (Phi) is 5.06. The highest BCUT2D eigenvalue weighted by atomic mass is 16.5. The molecular weight excluding hydrogens is 220 g/mol. The summed E-state index contributed by atoms with van der Waals surface area (Å²) in [4.78, 5) is 15.5. The van der Waals surface area contributed by atoms with Gasteiger partial charge in [0.05, 0.1) is 13.2 Å². The van der Waals surface area contributed by atoms with E-state index in [1.807, 2.05) is 19.1 Å². The molecule has 1 aromatic rings. The summed E-state index contributed by atoms with van der Waals surface area (Å²) in [7, 11) is 1.30. The SMILES string of the molecule is COC(=O)[C@H](NCc1cccnc1C)[C@H](C)O. The fourth-order valence-corrected chi connectivity index (χ4v) is 1.50. The van der Waals surface area contributed by atoms with E-state index in [1.165, 1.54) is 7.11 Å². The zero-order chi connectivity index (χ0) is 12.8. The smallest absolute Gasteiger partial charge is 0.325 e. The quantitative estimate of drug-likeness (QED) is 0.727. The highest BCUT2D eigenvalue weighted by Gasteiger charge is 2.23. The lowest BCUT2D eigenvalue weighted by atomic mass is 10.1. The molecule has 0 unspecified atom stereocenters. The number of nitrogens with one attached hydrogen (secondary N) is 1. The van der Waals surface area contributed by atoms with Crippen molar-refractivity contribution in [1.82, 2.24) is 10.3 Å². The van der Waals surface area contributed by atoms with Crippen molar-refractivity contribution < 1.29 is 14.6 Å². The first-order chi connectivity index (χ1) is 8.06. The van der Waals surface area contributed by atoms with Crippen molar-refractivity contribution in [2.24, 2.45) is 0 Å². The maximum Gasteiger partial charge on any atom is 0.325 e. The highest BCUT2D eigenvalue weighted by molar-refractivity contribution is 5.76. The number of aryl methyl sites for hydroxylation is 1. The number of ether oxygens (including phenoxy) is 1. The maximum absolute atomic E-state index is 11.4. The number of nitrogens with zero attached hydrogens (tertiary/aromatic N) is 1. The Bertz CT molecular complexity index is 380. The van der Waals surface area contributed by atoms with Crippen LogP contribution in [0.15, 0.2) is 18.3 Å². The first-order valence-electron chi connectivity index (χ1n) is 5.46. The van der Waals surface area contributed by atoms with Gasteiger partial charge >= 0.3 is 5.97 Å². The number of carbonyl (C=O) groups is 1. The van der Waals surface area contributed by atoms with Crippen molar-refractivity contribution in [3.63, 3.8) is 0 Å². The van der Waals surface area contributed by atoms with E-state index in [2.05, 4.69) is 15.0 Å². The van der Waals surface area contributed by atoms with Gasteiger partial charge < -0.3 is 9.84 Å². The molecule has 1 heterocycles. The van der Waals surface area contributed by atoms with E-state index in [4.69, 9.17) is 0 Å². The van der Waals surface area contributed by atoms with Crippen molar-refractivity contribution in [1.29, 1.82) is 0 Å². The largest absolute Gasteiger partial charge is 0.468 e. The summed E-state index contributed by atoms with van der Waals surface area (Å²) in [6, 6.07) is 3.03. The molecule has 94 valence electrons. The summed E-state index contributed by atoms with van der Waals surface area (Å²) in [6.07, 6.45) is 0.907. The zero-order valence-corrected chi connectivity index (χ0v) is 10.3. The lowest BCUT2D eigenvalue weighted by Crippen LogP contribution is -2.45. The van der Waals surface area contributed by atoms with E-state index in [1.54, 1.807) is 13.1 Å². The van der Waals surface area contributed by atoms with Gasteiger partial charge in [0.25, 0.3) is 0 Å². The van der Waals surface area contributed by atoms with E-state index in [0.29, 0.717) is 6.54 Å². The number of rotatable bonds is 5. The normalized spacial score (nSPS) is 14.1. The Morgan fingerprint density at radius 2 is 2.35 bits per heavy atom. The molecule has 2 atom stereocenters. The van der Waals surface area contributed by atoms with Gasteiger partial charge in [-0.05, 0) is 25.5 Å². The molecule has 0 spiro atoms. The first kappa shape index (κ1) is 13.6. The second kappa shape index (κ2) is 6.32.